The van der Waals surface area contributed by atoms with Crippen LogP contribution >= 0.6 is 0 Å². The van der Waals surface area contributed by atoms with Gasteiger partial charge in [0.2, 0.25) is 11.7 Å². The Hall–Kier alpha value is -3.27. The quantitative estimate of drug-likeness (QED) is 0.738. The first-order valence-electron chi connectivity index (χ1n) is 8.61. The van der Waals surface area contributed by atoms with Crippen LogP contribution in [0.25, 0.3) is 0 Å². The Labute approximate surface area is 168 Å². The minimum atomic E-state index is -3.67. The fourth-order valence-corrected chi connectivity index (χ4v) is 4.12. The average molecular weight is 419 g/mol. The number of hydrogen-bond acceptors (Lipinski definition) is 7. The highest BCUT2D eigenvalue weighted by molar-refractivity contribution is 7.90. The maximum absolute atomic E-state index is 12.6. The van der Waals surface area contributed by atoms with E-state index in [1.165, 1.54) is 27.4 Å². The van der Waals surface area contributed by atoms with Crippen LogP contribution < -0.4 is 24.2 Å². The van der Waals surface area contributed by atoms with Crippen molar-refractivity contribution >= 4 is 27.5 Å². The van der Waals surface area contributed by atoms with Gasteiger partial charge in [-0.25, -0.2) is 8.42 Å². The molecule has 1 aliphatic rings. The first kappa shape index (κ1) is 20.5. The van der Waals surface area contributed by atoms with Gasteiger partial charge in [-0.05, 0) is 19.1 Å². The van der Waals surface area contributed by atoms with Gasteiger partial charge in [0.25, 0.3) is 10.0 Å². The number of fused-ring (bicyclic) bond motifs is 1. The molecule has 3 rings (SSSR count). The second-order valence-corrected chi connectivity index (χ2v) is 7.81. The van der Waals surface area contributed by atoms with Crippen LogP contribution in [0.15, 0.2) is 46.3 Å². The number of benzene rings is 2. The molecule has 1 amide bonds. The van der Waals surface area contributed by atoms with Crippen molar-refractivity contribution in [1.82, 2.24) is 4.72 Å². The van der Waals surface area contributed by atoms with Gasteiger partial charge < -0.3 is 19.5 Å². The molecule has 0 unspecified atom stereocenters. The smallest absolute Gasteiger partial charge is 0.263 e. The van der Waals surface area contributed by atoms with E-state index in [-0.39, 0.29) is 10.7 Å². The Morgan fingerprint density at radius 3 is 2.28 bits per heavy atom. The number of nitrogens with zero attached hydrogens (tertiary/aromatic N) is 1. The molecule has 154 valence electrons. The molecule has 0 aliphatic carbocycles. The van der Waals surface area contributed by atoms with Crippen LogP contribution in [-0.4, -0.2) is 47.5 Å². The number of hydrogen-bond donors (Lipinski definition) is 2. The zero-order valence-electron chi connectivity index (χ0n) is 16.3. The molecule has 2 N–H and O–H groups in total. The Morgan fingerprint density at radius 2 is 1.69 bits per heavy atom. The van der Waals surface area contributed by atoms with Gasteiger partial charge in [-0.1, -0.05) is 12.1 Å². The highest BCUT2D eigenvalue weighted by atomic mass is 32.2. The standard InChI is InChI=1S/C19H21N3O6S/c1-11(20-18-13-7-5-6-8-16(13)29(24,25)22-18)19(23)21-12-9-14(26-2)17(28-4)15(10-12)27-3/h5-11H,1-4H3,(H,20,22)(H,21,23)/t11-/m0/s1. The van der Waals surface area contributed by atoms with E-state index < -0.39 is 22.0 Å². The van der Waals surface area contributed by atoms with Crippen LogP contribution in [0.2, 0.25) is 0 Å². The van der Waals surface area contributed by atoms with Gasteiger partial charge in [0.05, 0.1) is 26.2 Å². The lowest BCUT2D eigenvalue weighted by molar-refractivity contribution is -0.117. The number of aliphatic imine (C=N–C) groups is 1. The number of ether oxygens (including phenoxy) is 3. The minimum absolute atomic E-state index is 0.133. The number of methoxy groups -OCH3 is 3. The highest BCUT2D eigenvalue weighted by Gasteiger charge is 2.31. The van der Waals surface area contributed by atoms with Gasteiger partial charge in [-0.2, -0.15) is 0 Å². The van der Waals surface area contributed by atoms with E-state index >= 15 is 0 Å². The second-order valence-electron chi connectivity index (χ2n) is 6.16. The molecule has 0 bridgehead atoms. The summed E-state index contributed by atoms with van der Waals surface area (Å²) in [5.74, 6) is 0.874. The van der Waals surface area contributed by atoms with Crippen molar-refractivity contribution in [1.29, 1.82) is 0 Å². The van der Waals surface area contributed by atoms with Crippen molar-refractivity contribution in [2.24, 2.45) is 4.99 Å². The first-order chi connectivity index (χ1) is 13.8. The average Bonchev–Trinajstić information content (AvgIpc) is 2.97. The van der Waals surface area contributed by atoms with Crippen LogP contribution in [-0.2, 0) is 14.8 Å². The summed E-state index contributed by atoms with van der Waals surface area (Å²) in [6.45, 7) is 1.57. The predicted molar refractivity (Wildman–Crippen MR) is 107 cm³/mol. The summed E-state index contributed by atoms with van der Waals surface area (Å²) in [5.41, 5.74) is 0.851. The maximum atomic E-state index is 12.6. The van der Waals surface area contributed by atoms with Crippen molar-refractivity contribution in [2.45, 2.75) is 17.9 Å². The van der Waals surface area contributed by atoms with E-state index in [4.69, 9.17) is 14.2 Å². The minimum Gasteiger partial charge on any atom is -0.493 e. The monoisotopic (exact) mass is 419 g/mol. The van der Waals surface area contributed by atoms with E-state index in [9.17, 15) is 13.2 Å². The molecule has 9 nitrogen and oxygen atoms in total. The number of rotatable bonds is 6. The van der Waals surface area contributed by atoms with Gasteiger partial charge in [0, 0.05) is 23.4 Å². The van der Waals surface area contributed by atoms with E-state index in [0.717, 1.165) is 0 Å². The molecule has 0 saturated carbocycles. The normalized spacial score (nSPS) is 16.5. The molecule has 2 aromatic rings. The van der Waals surface area contributed by atoms with Gasteiger partial charge in [-0.3, -0.25) is 14.5 Å². The van der Waals surface area contributed by atoms with E-state index in [2.05, 4.69) is 15.0 Å². The number of amidine groups is 1. The Morgan fingerprint density at radius 1 is 1.07 bits per heavy atom. The molecule has 0 aromatic heterocycles. The third kappa shape index (κ3) is 3.97. The number of sulfonamides is 1. The number of anilines is 1. The SMILES string of the molecule is COc1cc(NC(=O)[C@H](C)N=C2NS(=O)(=O)c3ccccc32)cc(OC)c1OC. The largest absolute Gasteiger partial charge is 0.493 e. The third-order valence-corrected chi connectivity index (χ3v) is 5.69. The molecule has 10 heteroatoms. The zero-order chi connectivity index (χ0) is 21.2. The summed E-state index contributed by atoms with van der Waals surface area (Å²) < 4.78 is 42.5. The molecule has 1 heterocycles. The lowest BCUT2D eigenvalue weighted by atomic mass is 10.2. The second kappa shape index (κ2) is 8.00. The molecular formula is C19H21N3O6S. The molecule has 0 fully saturated rings. The Bertz CT molecular complexity index is 1060. The molecule has 0 radical (unpaired) electrons. The van der Waals surface area contributed by atoms with Gasteiger partial charge in [0.15, 0.2) is 11.5 Å². The van der Waals surface area contributed by atoms with E-state index in [0.29, 0.717) is 28.5 Å². The summed E-state index contributed by atoms with van der Waals surface area (Å²) in [6, 6.07) is 8.77. The molecule has 1 aliphatic heterocycles. The molecule has 0 saturated heterocycles. The summed E-state index contributed by atoms with van der Waals surface area (Å²) in [5, 5.41) is 2.72. The van der Waals surface area contributed by atoms with Crippen molar-refractivity contribution in [3.8, 4) is 17.2 Å². The molecule has 1 atom stereocenters. The van der Waals surface area contributed by atoms with Crippen molar-refractivity contribution < 1.29 is 27.4 Å². The maximum Gasteiger partial charge on any atom is 0.263 e. The highest BCUT2D eigenvalue weighted by Crippen LogP contribution is 2.40. The number of nitrogens with one attached hydrogen (secondary N) is 2. The summed E-state index contributed by atoms with van der Waals surface area (Å²) >= 11 is 0. The summed E-state index contributed by atoms with van der Waals surface area (Å²) in [4.78, 5) is 17.0. The van der Waals surface area contributed by atoms with E-state index in [1.807, 2.05) is 0 Å². The fourth-order valence-electron chi connectivity index (χ4n) is 2.88. The summed E-state index contributed by atoms with van der Waals surface area (Å²) in [7, 11) is 0.760. The number of carbonyl (C=O) groups excluding carboxylic acids is 1. The van der Waals surface area contributed by atoms with E-state index in [1.54, 1.807) is 37.3 Å². The molecule has 2 aromatic carbocycles. The lowest BCUT2D eigenvalue weighted by Gasteiger charge is -2.15. The topological polar surface area (TPSA) is 115 Å². The van der Waals surface area contributed by atoms with Crippen LogP contribution in [0.5, 0.6) is 17.2 Å². The number of carbonyl (C=O) groups is 1. The van der Waals surface area contributed by atoms with Crippen molar-refractivity contribution in [3.05, 3.63) is 42.0 Å². The van der Waals surface area contributed by atoms with Gasteiger partial charge >= 0.3 is 0 Å². The molecule has 0 spiro atoms. The zero-order valence-corrected chi connectivity index (χ0v) is 17.2. The van der Waals surface area contributed by atoms with Crippen LogP contribution in [0, 0.1) is 0 Å². The third-order valence-electron chi connectivity index (χ3n) is 4.30. The van der Waals surface area contributed by atoms with Crippen LogP contribution in [0.1, 0.15) is 12.5 Å². The fraction of sp³-hybridized carbons (Fsp3) is 0.263. The molecule has 29 heavy (non-hydrogen) atoms. The van der Waals surface area contributed by atoms with Crippen LogP contribution in [0.4, 0.5) is 5.69 Å². The lowest BCUT2D eigenvalue weighted by Crippen LogP contribution is -2.28. The Balaban J connectivity index is 1.85. The van der Waals surface area contributed by atoms with Crippen LogP contribution in [0.3, 0.4) is 0 Å². The van der Waals surface area contributed by atoms with Gasteiger partial charge in [-0.15, -0.1) is 0 Å². The Kier molecular flexibility index (Phi) is 5.64. The summed E-state index contributed by atoms with van der Waals surface area (Å²) in [6.07, 6.45) is 0. The predicted octanol–water partition coefficient (Wildman–Crippen LogP) is 1.78. The molecular weight excluding hydrogens is 398 g/mol. The van der Waals surface area contributed by atoms with Gasteiger partial charge in [0.1, 0.15) is 11.9 Å². The number of amides is 1. The first-order valence-corrected chi connectivity index (χ1v) is 10.1. The van der Waals surface area contributed by atoms with Crippen molar-refractivity contribution in [3.63, 3.8) is 0 Å². The van der Waals surface area contributed by atoms with Crippen molar-refractivity contribution in [2.75, 3.05) is 26.6 Å².